The first-order valence-electron chi connectivity index (χ1n) is 14.7. The van der Waals surface area contributed by atoms with E-state index in [0.29, 0.717) is 29.2 Å². The quantitative estimate of drug-likeness (QED) is 0.233. The lowest BCUT2D eigenvalue weighted by Crippen LogP contribution is -2.40. The lowest BCUT2D eigenvalue weighted by molar-refractivity contribution is 0.112. The van der Waals surface area contributed by atoms with Crippen LogP contribution in [0, 0.1) is 0 Å². The summed E-state index contributed by atoms with van der Waals surface area (Å²) in [6.07, 6.45) is 13.9. The van der Waals surface area contributed by atoms with Crippen LogP contribution in [0.2, 0.25) is 5.02 Å². The van der Waals surface area contributed by atoms with E-state index < -0.39 is 14.8 Å². The highest BCUT2D eigenvalue weighted by molar-refractivity contribution is 7.91. The highest BCUT2D eigenvalue weighted by Crippen LogP contribution is 2.40. The summed E-state index contributed by atoms with van der Waals surface area (Å²) >= 11 is 6.40. The second-order valence-corrected chi connectivity index (χ2v) is 14.5. The van der Waals surface area contributed by atoms with Crippen LogP contribution < -0.4 is 0 Å². The Balaban J connectivity index is 1.21. The largest absolute Gasteiger partial charge is 0.371 e. The van der Waals surface area contributed by atoms with Crippen molar-refractivity contribution in [1.29, 1.82) is 0 Å². The fourth-order valence-corrected chi connectivity index (χ4v) is 8.71. The average Bonchev–Trinajstić information content (AvgIpc) is 3.33. The van der Waals surface area contributed by atoms with Crippen molar-refractivity contribution in [3.8, 4) is 0 Å². The lowest BCUT2D eigenvalue weighted by atomic mass is 9.88. The third-order valence-electron chi connectivity index (χ3n) is 9.16. The van der Waals surface area contributed by atoms with Gasteiger partial charge in [0.25, 0.3) is 0 Å². The number of hydrogen-bond acceptors (Lipinski definition) is 5. The average molecular weight is 610 g/mol. The minimum absolute atomic E-state index is 0.354. The summed E-state index contributed by atoms with van der Waals surface area (Å²) in [7, 11) is -3.88. The Morgan fingerprint density at radius 1 is 0.977 bits per heavy atom. The first-order chi connectivity index (χ1) is 20.8. The minimum atomic E-state index is -3.88. The van der Waals surface area contributed by atoms with Crippen LogP contribution in [-0.2, 0) is 22.9 Å². The van der Waals surface area contributed by atoms with Crippen LogP contribution in [0.3, 0.4) is 0 Å². The first-order valence-corrected chi connectivity index (χ1v) is 16.5. The maximum absolute atomic E-state index is 14.2. The third kappa shape index (κ3) is 4.66. The second-order valence-electron chi connectivity index (χ2n) is 11.8. The van der Waals surface area contributed by atoms with Gasteiger partial charge in [0.2, 0.25) is 10.0 Å². The van der Waals surface area contributed by atoms with E-state index in [4.69, 9.17) is 16.6 Å². The number of carbonyl (C=O) groups is 1. The van der Waals surface area contributed by atoms with Crippen LogP contribution in [-0.4, -0.2) is 46.4 Å². The van der Waals surface area contributed by atoms with Gasteiger partial charge in [-0.15, -0.1) is 0 Å². The number of aryl methyl sites for hydroxylation is 2. The van der Waals surface area contributed by atoms with Crippen molar-refractivity contribution in [1.82, 2.24) is 13.9 Å². The number of allylic oxidation sites excluding steroid dienone is 2. The molecule has 0 N–H and O–H groups in total. The Morgan fingerprint density at radius 2 is 1.77 bits per heavy atom. The first kappa shape index (κ1) is 27.9. The van der Waals surface area contributed by atoms with E-state index in [0.717, 1.165) is 55.2 Å². The predicted molar refractivity (Wildman–Crippen MR) is 172 cm³/mol. The van der Waals surface area contributed by atoms with Gasteiger partial charge in [-0.2, -0.15) is 0 Å². The number of piperidine rings is 1. The van der Waals surface area contributed by atoms with Gasteiger partial charge in [-0.05, 0) is 92.1 Å². The SMILES string of the molecule is CC1(S(=O)(=O)n2cc(C=O)c3ccccc32)C=C(N2CCC(=C3c4ccc(Cl)cc4CCc4cccnc43)CC2)C=CC1. The van der Waals surface area contributed by atoms with E-state index in [1.807, 2.05) is 42.6 Å². The molecule has 0 radical (unpaired) electrons. The van der Waals surface area contributed by atoms with Crippen molar-refractivity contribution < 1.29 is 13.2 Å². The number of benzene rings is 2. The second kappa shape index (κ2) is 10.6. The van der Waals surface area contributed by atoms with Crippen LogP contribution in [0.1, 0.15) is 58.9 Å². The molecule has 3 aliphatic rings. The molecule has 2 aliphatic carbocycles. The molecule has 1 aliphatic heterocycles. The zero-order valence-electron chi connectivity index (χ0n) is 24.0. The maximum atomic E-state index is 14.2. The maximum Gasteiger partial charge on any atom is 0.248 e. The normalized spacial score (nSPS) is 20.4. The van der Waals surface area contributed by atoms with E-state index in [9.17, 15) is 13.2 Å². The predicted octanol–water partition coefficient (Wildman–Crippen LogP) is 6.98. The van der Waals surface area contributed by atoms with E-state index >= 15 is 0 Å². The molecular formula is C35H32ClN3O3S. The van der Waals surface area contributed by atoms with Gasteiger partial charge in [0.1, 0.15) is 4.75 Å². The van der Waals surface area contributed by atoms with Crippen molar-refractivity contribution in [3.05, 3.63) is 129 Å². The molecule has 8 heteroatoms. The number of halogens is 1. The molecule has 1 fully saturated rings. The van der Waals surface area contributed by atoms with Crippen molar-refractivity contribution in [2.24, 2.45) is 0 Å². The number of likely N-dealkylation sites (tertiary alicyclic amines) is 1. The van der Waals surface area contributed by atoms with Gasteiger partial charge in [0.05, 0.1) is 11.2 Å². The number of aldehydes is 1. The number of para-hydroxylation sites is 1. The highest BCUT2D eigenvalue weighted by Gasteiger charge is 2.41. The van der Waals surface area contributed by atoms with Crippen LogP contribution in [0.25, 0.3) is 16.5 Å². The number of carbonyl (C=O) groups excluding carboxylic acids is 1. The molecule has 2 aromatic heterocycles. The van der Waals surface area contributed by atoms with Crippen molar-refractivity contribution >= 4 is 44.4 Å². The Morgan fingerprint density at radius 3 is 2.58 bits per heavy atom. The van der Waals surface area contributed by atoms with E-state index in [2.05, 4.69) is 23.1 Å². The number of hydrogen-bond donors (Lipinski definition) is 0. The molecule has 218 valence electrons. The number of pyridine rings is 1. The Bertz CT molecular complexity index is 1980. The molecule has 0 amide bonds. The molecule has 3 heterocycles. The fraction of sp³-hybridized carbons (Fsp3) is 0.257. The summed E-state index contributed by atoms with van der Waals surface area (Å²) < 4.78 is 28.4. The summed E-state index contributed by atoms with van der Waals surface area (Å²) in [5.41, 5.74) is 9.20. The summed E-state index contributed by atoms with van der Waals surface area (Å²) in [4.78, 5) is 18.9. The van der Waals surface area contributed by atoms with Crippen LogP contribution in [0.15, 0.2) is 96.5 Å². The Labute approximate surface area is 257 Å². The van der Waals surface area contributed by atoms with Gasteiger partial charge >= 0.3 is 0 Å². The van der Waals surface area contributed by atoms with Crippen LogP contribution >= 0.6 is 11.6 Å². The van der Waals surface area contributed by atoms with Crippen LogP contribution in [0.5, 0.6) is 0 Å². The number of rotatable bonds is 4. The van der Waals surface area contributed by atoms with Crippen molar-refractivity contribution in [3.63, 3.8) is 0 Å². The molecule has 7 rings (SSSR count). The molecule has 0 bridgehead atoms. The third-order valence-corrected chi connectivity index (χ3v) is 11.7. The van der Waals surface area contributed by atoms with Crippen molar-refractivity contribution in [2.75, 3.05) is 13.1 Å². The smallest absolute Gasteiger partial charge is 0.248 e. The van der Waals surface area contributed by atoms with E-state index in [1.165, 1.54) is 38.0 Å². The van der Waals surface area contributed by atoms with Gasteiger partial charge in [-0.25, -0.2) is 12.4 Å². The van der Waals surface area contributed by atoms with Gasteiger partial charge in [0, 0.05) is 52.7 Å². The molecule has 4 aromatic rings. The number of aromatic nitrogens is 2. The Kier molecular flexibility index (Phi) is 6.90. The van der Waals surface area contributed by atoms with E-state index in [-0.39, 0.29) is 0 Å². The van der Waals surface area contributed by atoms with Gasteiger partial charge < -0.3 is 4.90 Å². The summed E-state index contributed by atoms with van der Waals surface area (Å²) in [5, 5.41) is 1.39. The molecule has 0 saturated carbocycles. The highest BCUT2D eigenvalue weighted by atomic mass is 35.5. The molecule has 43 heavy (non-hydrogen) atoms. The molecule has 0 spiro atoms. The van der Waals surface area contributed by atoms with Crippen LogP contribution in [0.4, 0.5) is 0 Å². The zero-order valence-corrected chi connectivity index (χ0v) is 25.5. The number of fused-ring (bicyclic) bond motifs is 3. The molecular weight excluding hydrogens is 578 g/mol. The van der Waals surface area contributed by atoms with Gasteiger partial charge in [0.15, 0.2) is 6.29 Å². The summed E-state index contributed by atoms with van der Waals surface area (Å²) in [5.74, 6) is 0. The molecule has 1 saturated heterocycles. The summed E-state index contributed by atoms with van der Waals surface area (Å²) in [6, 6.07) is 17.5. The van der Waals surface area contributed by atoms with Gasteiger partial charge in [-0.3, -0.25) is 9.78 Å². The number of nitrogens with zero attached hydrogens (tertiary/aromatic N) is 3. The topological polar surface area (TPSA) is 72.3 Å². The fourth-order valence-electron chi connectivity index (χ4n) is 6.82. The summed E-state index contributed by atoms with van der Waals surface area (Å²) in [6.45, 7) is 3.32. The molecule has 1 atom stereocenters. The molecule has 1 unspecified atom stereocenters. The Hall–Kier alpha value is -3.94. The van der Waals surface area contributed by atoms with Crippen molar-refractivity contribution in [2.45, 2.75) is 43.8 Å². The van der Waals surface area contributed by atoms with E-state index in [1.54, 1.807) is 25.1 Å². The molecule has 2 aromatic carbocycles. The standard InChI is InChI=1S/C35H32ClN3O3S/c1-35(43(41,42)39-22-27(23-40)30-8-2-3-9-32(30)39)16-4-7-29(21-35)38-18-14-24(15-19-38)33-31-13-12-28(36)20-26(31)11-10-25-6-5-17-37-34(25)33/h2-9,12-13,17,20-23H,10-11,14-16,18-19H2,1H3. The minimum Gasteiger partial charge on any atom is -0.371 e. The molecule has 6 nitrogen and oxygen atoms in total. The zero-order chi connectivity index (χ0) is 29.8. The van der Waals surface area contributed by atoms with Gasteiger partial charge in [-0.1, -0.05) is 53.6 Å². The monoisotopic (exact) mass is 609 g/mol. The lowest BCUT2D eigenvalue weighted by Gasteiger charge is -2.36.